The Labute approximate surface area is 158 Å². The van der Waals surface area contributed by atoms with Crippen molar-refractivity contribution in [1.82, 2.24) is 0 Å². The fourth-order valence-corrected chi connectivity index (χ4v) is 2.35. The van der Waals surface area contributed by atoms with E-state index in [1.165, 1.54) is 18.4 Å². The van der Waals surface area contributed by atoms with Crippen molar-refractivity contribution in [1.29, 1.82) is 0 Å². The van der Waals surface area contributed by atoms with E-state index in [-0.39, 0.29) is 11.4 Å². The number of benzene rings is 2. The van der Waals surface area contributed by atoms with Gasteiger partial charge in [-0.1, -0.05) is 30.3 Å². The van der Waals surface area contributed by atoms with Crippen molar-refractivity contribution in [3.63, 3.8) is 0 Å². The molecule has 2 aromatic carbocycles. The van der Waals surface area contributed by atoms with Gasteiger partial charge in [0.25, 0.3) is 5.69 Å². The lowest BCUT2D eigenvalue weighted by molar-refractivity contribution is -0.393. The summed E-state index contributed by atoms with van der Waals surface area (Å²) < 4.78 is 5.25. The van der Waals surface area contributed by atoms with Crippen molar-refractivity contribution in [3.8, 4) is 0 Å². The van der Waals surface area contributed by atoms with E-state index in [1.807, 2.05) is 30.3 Å². The number of rotatable bonds is 7. The Bertz CT molecular complexity index is 1040. The second kappa shape index (κ2) is 8.41. The lowest BCUT2D eigenvalue weighted by atomic mass is 10.1. The van der Waals surface area contributed by atoms with Gasteiger partial charge in [-0.25, -0.2) is 0 Å². The summed E-state index contributed by atoms with van der Waals surface area (Å²) >= 11 is 0. The maximum atomic E-state index is 11.3. The van der Waals surface area contributed by atoms with E-state index in [0.29, 0.717) is 11.5 Å². The molecule has 1 aromatic heterocycles. The van der Waals surface area contributed by atoms with E-state index in [0.717, 1.165) is 11.6 Å². The molecule has 140 valence electrons. The number of anilines is 1. The number of hydrogen-bond acceptors (Lipinski definition) is 7. The molecule has 0 amide bonds. The van der Waals surface area contributed by atoms with Gasteiger partial charge in [0.05, 0.1) is 27.9 Å². The minimum atomic E-state index is -0.703. The molecule has 0 fully saturated rings. The Balaban J connectivity index is 1.95. The number of nitrogens with zero attached hydrogens (tertiary/aromatic N) is 3. The number of furan rings is 1. The zero-order chi connectivity index (χ0) is 19.9. The van der Waals surface area contributed by atoms with Crippen molar-refractivity contribution in [2.45, 2.75) is 0 Å². The average molecular weight is 378 g/mol. The quantitative estimate of drug-likeness (QED) is 0.363. The van der Waals surface area contributed by atoms with Gasteiger partial charge in [0.2, 0.25) is 0 Å². The van der Waals surface area contributed by atoms with Crippen LogP contribution in [0.2, 0.25) is 0 Å². The van der Waals surface area contributed by atoms with Crippen molar-refractivity contribution < 1.29 is 14.3 Å². The first-order valence-corrected chi connectivity index (χ1v) is 8.08. The average Bonchev–Trinajstić information content (AvgIpc) is 3.22. The van der Waals surface area contributed by atoms with Gasteiger partial charge in [-0.2, -0.15) is 5.10 Å². The third kappa shape index (κ3) is 4.47. The van der Waals surface area contributed by atoms with Crippen molar-refractivity contribution >= 4 is 28.8 Å². The number of allylic oxidation sites excluding steroid dienone is 1. The van der Waals surface area contributed by atoms with Crippen LogP contribution in [0.3, 0.4) is 0 Å². The van der Waals surface area contributed by atoms with E-state index in [2.05, 4.69) is 10.5 Å². The number of hydrazone groups is 1. The third-order valence-electron chi connectivity index (χ3n) is 3.70. The van der Waals surface area contributed by atoms with E-state index < -0.39 is 15.5 Å². The highest BCUT2D eigenvalue weighted by Crippen LogP contribution is 2.29. The molecule has 28 heavy (non-hydrogen) atoms. The van der Waals surface area contributed by atoms with Gasteiger partial charge in [0.1, 0.15) is 11.4 Å². The molecule has 0 aliphatic rings. The summed E-state index contributed by atoms with van der Waals surface area (Å²) in [6, 6.07) is 16.0. The highest BCUT2D eigenvalue weighted by Gasteiger charge is 2.19. The maximum absolute atomic E-state index is 11.3. The zero-order valence-corrected chi connectivity index (χ0v) is 14.4. The standard InChI is InChI=1S/C19H14N4O5/c24-22(25)15-8-10-18(19(13-15)23(26)27)21-20-17(14-5-2-1-3-6-14)11-9-16-7-4-12-28-16/h1-13,21H/b11-9+,20-17-. The molecule has 9 nitrogen and oxygen atoms in total. The fraction of sp³-hybridized carbons (Fsp3) is 0. The Kier molecular flexibility index (Phi) is 5.56. The predicted octanol–water partition coefficient (Wildman–Crippen LogP) is 4.63. The van der Waals surface area contributed by atoms with E-state index in [1.54, 1.807) is 24.3 Å². The first-order valence-electron chi connectivity index (χ1n) is 8.08. The topological polar surface area (TPSA) is 124 Å². The molecule has 1 heterocycles. The minimum Gasteiger partial charge on any atom is -0.465 e. The van der Waals surface area contributed by atoms with Gasteiger partial charge in [-0.3, -0.25) is 25.7 Å². The van der Waals surface area contributed by atoms with Crippen LogP contribution < -0.4 is 5.43 Å². The molecule has 0 unspecified atom stereocenters. The van der Waals surface area contributed by atoms with E-state index >= 15 is 0 Å². The molecular formula is C19H14N4O5. The van der Waals surface area contributed by atoms with Crippen LogP contribution in [-0.2, 0) is 0 Å². The molecule has 0 saturated carbocycles. The molecule has 3 rings (SSSR count). The highest BCUT2D eigenvalue weighted by atomic mass is 16.6. The second-order valence-electron chi connectivity index (χ2n) is 5.54. The van der Waals surface area contributed by atoms with Gasteiger partial charge in [-0.05, 0) is 30.4 Å². The van der Waals surface area contributed by atoms with Crippen LogP contribution in [-0.4, -0.2) is 15.6 Å². The number of nitro benzene ring substituents is 2. The third-order valence-corrected chi connectivity index (χ3v) is 3.70. The van der Waals surface area contributed by atoms with Crippen molar-refractivity contribution in [3.05, 3.63) is 105 Å². The van der Waals surface area contributed by atoms with E-state index in [4.69, 9.17) is 4.42 Å². The SMILES string of the molecule is O=[N+]([O-])c1ccc(N/N=C(/C=C/c2ccco2)c2ccccc2)c([N+](=O)[O-])c1. The monoisotopic (exact) mass is 378 g/mol. The van der Waals surface area contributed by atoms with Crippen molar-refractivity contribution in [2.75, 3.05) is 5.43 Å². The predicted molar refractivity (Wildman–Crippen MR) is 104 cm³/mol. The molecule has 0 atom stereocenters. The van der Waals surface area contributed by atoms with Crippen molar-refractivity contribution in [2.24, 2.45) is 5.10 Å². The van der Waals surface area contributed by atoms with Gasteiger partial charge in [0, 0.05) is 11.6 Å². The summed E-state index contributed by atoms with van der Waals surface area (Å²) in [6.45, 7) is 0. The van der Waals surface area contributed by atoms with Gasteiger partial charge < -0.3 is 4.42 Å². The molecule has 0 aliphatic carbocycles. The number of nitrogens with one attached hydrogen (secondary N) is 1. The molecule has 3 aromatic rings. The summed E-state index contributed by atoms with van der Waals surface area (Å²) in [5.74, 6) is 0.616. The van der Waals surface area contributed by atoms with Crippen LogP contribution in [0.15, 0.2) is 82.5 Å². The zero-order valence-electron chi connectivity index (χ0n) is 14.4. The Morgan fingerprint density at radius 1 is 1.00 bits per heavy atom. The molecule has 0 spiro atoms. The number of non-ortho nitro benzene ring substituents is 1. The fourth-order valence-electron chi connectivity index (χ4n) is 2.35. The summed E-state index contributed by atoms with van der Waals surface area (Å²) in [6.07, 6.45) is 4.94. The minimum absolute atomic E-state index is 0.0374. The normalized spacial score (nSPS) is 11.5. The van der Waals surface area contributed by atoms with Crippen LogP contribution in [0.25, 0.3) is 6.08 Å². The number of nitro groups is 2. The van der Waals surface area contributed by atoms with Gasteiger partial charge in [-0.15, -0.1) is 0 Å². The van der Waals surface area contributed by atoms with Crippen LogP contribution in [0, 0.1) is 20.2 Å². The molecule has 0 bridgehead atoms. The van der Waals surface area contributed by atoms with Gasteiger partial charge >= 0.3 is 5.69 Å². The smallest absolute Gasteiger partial charge is 0.301 e. The molecule has 0 radical (unpaired) electrons. The van der Waals surface area contributed by atoms with E-state index in [9.17, 15) is 20.2 Å². The second-order valence-corrected chi connectivity index (χ2v) is 5.54. The largest absolute Gasteiger partial charge is 0.465 e. The lowest BCUT2D eigenvalue weighted by Gasteiger charge is -2.05. The maximum Gasteiger partial charge on any atom is 0.301 e. The Morgan fingerprint density at radius 2 is 1.79 bits per heavy atom. The molecule has 9 heteroatoms. The first-order chi connectivity index (χ1) is 13.5. The molecule has 1 N–H and O–H groups in total. The van der Waals surface area contributed by atoms with Crippen LogP contribution >= 0.6 is 0 Å². The van der Waals surface area contributed by atoms with Crippen LogP contribution in [0.1, 0.15) is 11.3 Å². The van der Waals surface area contributed by atoms with Crippen LogP contribution in [0.4, 0.5) is 17.1 Å². The highest BCUT2D eigenvalue weighted by molar-refractivity contribution is 6.10. The van der Waals surface area contributed by atoms with Crippen LogP contribution in [0.5, 0.6) is 0 Å². The lowest BCUT2D eigenvalue weighted by Crippen LogP contribution is -2.03. The Hall–Kier alpha value is -4.27. The molecule has 0 aliphatic heterocycles. The van der Waals surface area contributed by atoms with Gasteiger partial charge in [0.15, 0.2) is 0 Å². The summed E-state index contributed by atoms with van der Waals surface area (Å²) in [5, 5.41) is 26.4. The summed E-state index contributed by atoms with van der Waals surface area (Å²) in [4.78, 5) is 20.7. The first kappa shape index (κ1) is 18.5. The summed E-state index contributed by atoms with van der Waals surface area (Å²) in [5.41, 5.74) is 3.11. The Morgan fingerprint density at radius 3 is 2.43 bits per heavy atom. The molecule has 0 saturated heterocycles. The number of hydrogen-bond donors (Lipinski definition) is 1. The molecular weight excluding hydrogens is 364 g/mol. The summed E-state index contributed by atoms with van der Waals surface area (Å²) in [7, 11) is 0.